The molecular weight excluding hydrogens is 374 g/mol. The zero-order chi connectivity index (χ0) is 20.8. The molecule has 0 atom stereocenters. The summed E-state index contributed by atoms with van der Waals surface area (Å²) in [6.45, 7) is 2.08. The van der Waals surface area contributed by atoms with Gasteiger partial charge in [0.25, 0.3) is 5.91 Å². The average Bonchev–Trinajstić information content (AvgIpc) is 3.24. The maximum Gasteiger partial charge on any atom is 0.271 e. The lowest BCUT2D eigenvalue weighted by Gasteiger charge is -2.01. The number of rotatable bonds is 6. The molecular formula is C24H21N5O. The minimum Gasteiger partial charge on any atom is -0.267 e. The lowest BCUT2D eigenvalue weighted by atomic mass is 10.1. The summed E-state index contributed by atoms with van der Waals surface area (Å²) < 4.78 is 1.79. The molecule has 0 spiro atoms. The quantitative estimate of drug-likeness (QED) is 0.392. The molecule has 0 bridgehead atoms. The van der Waals surface area contributed by atoms with Crippen LogP contribution in [0.3, 0.4) is 0 Å². The van der Waals surface area contributed by atoms with E-state index in [0.717, 1.165) is 28.9 Å². The summed E-state index contributed by atoms with van der Waals surface area (Å²) in [5.41, 5.74) is 7.65. The summed E-state index contributed by atoms with van der Waals surface area (Å²) in [7, 11) is 0. The first-order valence-corrected chi connectivity index (χ1v) is 9.72. The summed E-state index contributed by atoms with van der Waals surface area (Å²) in [5, 5.41) is 8.85. The van der Waals surface area contributed by atoms with Crippen LogP contribution in [0.25, 0.3) is 16.9 Å². The Balaban J connectivity index is 1.59. The molecule has 1 N–H and O–H groups in total. The number of para-hydroxylation sites is 1. The van der Waals surface area contributed by atoms with Gasteiger partial charge in [0.15, 0.2) is 0 Å². The number of carbonyl (C=O) groups is 1. The molecule has 0 saturated carbocycles. The molecule has 0 aliphatic carbocycles. The van der Waals surface area contributed by atoms with E-state index in [1.54, 1.807) is 35.4 Å². The second-order valence-electron chi connectivity index (χ2n) is 6.70. The molecule has 0 aliphatic rings. The van der Waals surface area contributed by atoms with Gasteiger partial charge in [0.2, 0.25) is 0 Å². The molecule has 2 aromatic heterocycles. The predicted octanol–water partition coefficient (Wildman–Crippen LogP) is 4.26. The fourth-order valence-electron chi connectivity index (χ4n) is 3.04. The summed E-state index contributed by atoms with van der Waals surface area (Å²) in [6, 6.07) is 21.1. The van der Waals surface area contributed by atoms with Crippen LogP contribution in [-0.4, -0.2) is 26.9 Å². The molecule has 2 aromatic carbocycles. The number of nitrogens with zero attached hydrogens (tertiary/aromatic N) is 4. The topological polar surface area (TPSA) is 72.2 Å². The van der Waals surface area contributed by atoms with E-state index in [-0.39, 0.29) is 5.91 Å². The van der Waals surface area contributed by atoms with Crippen LogP contribution in [0.5, 0.6) is 0 Å². The van der Waals surface area contributed by atoms with E-state index in [1.165, 1.54) is 5.56 Å². The molecule has 30 heavy (non-hydrogen) atoms. The van der Waals surface area contributed by atoms with Gasteiger partial charge in [-0.3, -0.25) is 9.78 Å². The molecule has 4 aromatic rings. The Morgan fingerprint density at radius 1 is 1.07 bits per heavy atom. The Morgan fingerprint density at radius 3 is 2.57 bits per heavy atom. The molecule has 4 rings (SSSR count). The van der Waals surface area contributed by atoms with E-state index in [2.05, 4.69) is 22.4 Å². The highest BCUT2D eigenvalue weighted by Crippen LogP contribution is 2.21. The molecule has 0 unspecified atom stereocenters. The minimum absolute atomic E-state index is 0.257. The average molecular weight is 395 g/mol. The molecule has 148 valence electrons. The third-order valence-electron chi connectivity index (χ3n) is 4.69. The Hall–Kier alpha value is -4.06. The standard InChI is InChI=1S/C24H21N5O/c1-2-18-10-12-19(13-11-18)24(30)27-26-16-21-17-29(22-8-4-3-5-9-22)28-23(21)20-7-6-14-25-15-20/h3-17H,2H2,1H3,(H,27,30)/b26-16-. The van der Waals surface area contributed by atoms with Gasteiger partial charge >= 0.3 is 0 Å². The van der Waals surface area contributed by atoms with Crippen molar-refractivity contribution in [1.29, 1.82) is 0 Å². The zero-order valence-corrected chi connectivity index (χ0v) is 16.6. The number of hydrogen-bond acceptors (Lipinski definition) is 4. The van der Waals surface area contributed by atoms with E-state index >= 15 is 0 Å². The molecule has 6 nitrogen and oxygen atoms in total. The molecule has 6 heteroatoms. The zero-order valence-electron chi connectivity index (χ0n) is 16.6. The van der Waals surface area contributed by atoms with Gasteiger partial charge in [-0.05, 0) is 48.4 Å². The van der Waals surface area contributed by atoms with E-state index < -0.39 is 0 Å². The second-order valence-corrected chi connectivity index (χ2v) is 6.70. The molecule has 1 amide bonds. The van der Waals surface area contributed by atoms with Crippen LogP contribution in [0.1, 0.15) is 28.4 Å². The maximum absolute atomic E-state index is 12.4. The molecule has 0 saturated heterocycles. The summed E-state index contributed by atoms with van der Waals surface area (Å²) in [6.07, 6.45) is 7.89. The summed E-state index contributed by atoms with van der Waals surface area (Å²) in [5.74, 6) is -0.257. The number of carbonyl (C=O) groups excluding carboxylic acids is 1. The van der Waals surface area contributed by atoms with Crippen molar-refractivity contribution in [2.45, 2.75) is 13.3 Å². The van der Waals surface area contributed by atoms with Gasteiger partial charge in [-0.25, -0.2) is 10.1 Å². The van der Waals surface area contributed by atoms with Crippen LogP contribution in [0.4, 0.5) is 0 Å². The van der Waals surface area contributed by atoms with Gasteiger partial charge in [0, 0.05) is 35.3 Å². The monoisotopic (exact) mass is 395 g/mol. The minimum atomic E-state index is -0.257. The smallest absolute Gasteiger partial charge is 0.267 e. The van der Waals surface area contributed by atoms with Crippen LogP contribution >= 0.6 is 0 Å². The van der Waals surface area contributed by atoms with Crippen molar-refractivity contribution in [1.82, 2.24) is 20.2 Å². The molecule has 2 heterocycles. The maximum atomic E-state index is 12.4. The predicted molar refractivity (Wildman–Crippen MR) is 118 cm³/mol. The first-order chi connectivity index (χ1) is 14.7. The van der Waals surface area contributed by atoms with Crippen molar-refractivity contribution in [2.24, 2.45) is 5.10 Å². The molecule has 0 fully saturated rings. The SMILES string of the molecule is CCc1ccc(C(=O)N/N=C\c2cn(-c3ccccc3)nc2-c2cccnc2)cc1. The normalized spacial score (nSPS) is 11.0. The van der Waals surface area contributed by atoms with Gasteiger partial charge in [-0.15, -0.1) is 0 Å². The third-order valence-corrected chi connectivity index (χ3v) is 4.69. The van der Waals surface area contributed by atoms with E-state index in [1.807, 2.05) is 60.8 Å². The number of benzene rings is 2. The van der Waals surface area contributed by atoms with Crippen molar-refractivity contribution >= 4 is 12.1 Å². The Kier molecular flexibility index (Phi) is 5.75. The van der Waals surface area contributed by atoms with Gasteiger partial charge in [-0.1, -0.05) is 37.3 Å². The van der Waals surface area contributed by atoms with Crippen molar-refractivity contribution in [2.75, 3.05) is 0 Å². The Labute approximate surface area is 174 Å². The van der Waals surface area contributed by atoms with Crippen LogP contribution in [0.2, 0.25) is 0 Å². The second kappa shape index (κ2) is 8.96. The number of hydrogen-bond donors (Lipinski definition) is 1. The van der Waals surface area contributed by atoms with Crippen molar-refractivity contribution < 1.29 is 4.79 Å². The fourth-order valence-corrected chi connectivity index (χ4v) is 3.04. The van der Waals surface area contributed by atoms with Crippen molar-refractivity contribution in [3.8, 4) is 16.9 Å². The fraction of sp³-hybridized carbons (Fsp3) is 0.0833. The van der Waals surface area contributed by atoms with Crippen molar-refractivity contribution in [3.05, 3.63) is 102 Å². The van der Waals surface area contributed by atoms with Gasteiger partial charge in [0.05, 0.1) is 11.9 Å². The third kappa shape index (κ3) is 4.33. The highest BCUT2D eigenvalue weighted by atomic mass is 16.2. The van der Waals surface area contributed by atoms with Crippen LogP contribution in [0.15, 0.2) is 90.4 Å². The van der Waals surface area contributed by atoms with Gasteiger partial charge < -0.3 is 0 Å². The number of aryl methyl sites for hydroxylation is 1. The molecule has 0 radical (unpaired) electrons. The van der Waals surface area contributed by atoms with E-state index in [9.17, 15) is 4.79 Å². The lowest BCUT2D eigenvalue weighted by molar-refractivity contribution is 0.0955. The van der Waals surface area contributed by atoms with E-state index in [0.29, 0.717) is 5.56 Å². The number of hydrazone groups is 1. The van der Waals surface area contributed by atoms with Crippen LogP contribution in [-0.2, 0) is 6.42 Å². The number of amides is 1. The highest BCUT2D eigenvalue weighted by molar-refractivity contribution is 5.95. The number of pyridine rings is 1. The Bertz CT molecular complexity index is 1150. The number of nitrogens with one attached hydrogen (secondary N) is 1. The van der Waals surface area contributed by atoms with Gasteiger partial charge in [-0.2, -0.15) is 10.2 Å². The Morgan fingerprint density at radius 2 is 1.87 bits per heavy atom. The number of aromatic nitrogens is 3. The first kappa shape index (κ1) is 19.3. The summed E-state index contributed by atoms with van der Waals surface area (Å²) >= 11 is 0. The molecule has 0 aliphatic heterocycles. The first-order valence-electron chi connectivity index (χ1n) is 9.72. The largest absolute Gasteiger partial charge is 0.271 e. The van der Waals surface area contributed by atoms with Crippen LogP contribution in [0, 0.1) is 0 Å². The summed E-state index contributed by atoms with van der Waals surface area (Å²) in [4.78, 5) is 16.5. The lowest BCUT2D eigenvalue weighted by Crippen LogP contribution is -2.17. The van der Waals surface area contributed by atoms with Crippen LogP contribution < -0.4 is 5.43 Å². The van der Waals surface area contributed by atoms with Crippen molar-refractivity contribution in [3.63, 3.8) is 0 Å². The van der Waals surface area contributed by atoms with E-state index in [4.69, 9.17) is 5.10 Å². The highest BCUT2D eigenvalue weighted by Gasteiger charge is 2.11. The van der Waals surface area contributed by atoms with Gasteiger partial charge in [0.1, 0.15) is 5.69 Å².